The smallest absolute Gasteiger partial charge is 0.488 e. The number of carboxylic acids is 2. The van der Waals surface area contributed by atoms with Crippen molar-refractivity contribution in [3.8, 4) is 0 Å². The molecule has 0 amide bonds. The van der Waals surface area contributed by atoms with Gasteiger partial charge in [0.05, 0.1) is 12.7 Å². The van der Waals surface area contributed by atoms with Crippen molar-refractivity contribution in [3.05, 3.63) is 85.1 Å². The van der Waals surface area contributed by atoms with Crippen LogP contribution in [0.3, 0.4) is 0 Å². The summed E-state index contributed by atoms with van der Waals surface area (Å²) in [6.45, 7) is 21.5. The largest absolute Gasteiger partial charge is 2.00 e. The SMILES string of the molecule is CC(=O)O.CC(C)[C@@H]1CC[C@@H](C)C[C@@H]1N1[CH-]N(Cc2ccccc2)C=N1.CC(C)[C@@H]1CC[C@@H](C)C[C@@H]1N1[CH-]N(Cc2ccccc2)C=N1.O=C(O)C(F)(F)F.[Pd+2]. The number of hydrogen-bond acceptors (Lipinski definition) is 8. The Bertz CT molecular complexity index is 1400. The molecule has 0 radical (unpaired) electrons. The first-order valence-electron chi connectivity index (χ1n) is 19.4. The Morgan fingerprint density at radius 3 is 1.32 bits per heavy atom. The van der Waals surface area contributed by atoms with Crippen LogP contribution in [-0.4, -0.2) is 72.9 Å². The Morgan fingerprint density at radius 2 is 1.04 bits per heavy atom. The van der Waals surface area contributed by atoms with E-state index >= 15 is 0 Å². The molecule has 2 aromatic carbocycles. The molecule has 10 nitrogen and oxygen atoms in total. The van der Waals surface area contributed by atoms with Gasteiger partial charge in [-0.3, -0.25) is 4.79 Å². The molecule has 2 aliphatic heterocycles. The van der Waals surface area contributed by atoms with Crippen LogP contribution in [0.2, 0.25) is 0 Å². The van der Waals surface area contributed by atoms with Gasteiger partial charge in [-0.15, -0.1) is 13.3 Å². The Hall–Kier alpha value is -3.63. The standard InChI is InChI=1S/2C19H28N3.C2HF3O2.C2H4O2.Pd/c2*1-15(2)18-10-9-16(3)11-19(18)22-14-21(13-20-22)12-17-7-5-4-6-8-17;3-2(4,5)1(6)7;1-2(3)4;/h2*4-8,13-16,18-19H,9-12H2,1-3H3;(H,6,7);1H3,(H,3,4);/q2*-1;;;+2/t2*16-,18+,19+;;;/m11.../s1. The predicted octanol–water partition coefficient (Wildman–Crippen LogP) is 9.38. The van der Waals surface area contributed by atoms with Crippen molar-refractivity contribution in [2.45, 2.75) is 118 Å². The predicted molar refractivity (Wildman–Crippen MR) is 210 cm³/mol. The Balaban J connectivity index is 0.000000302. The minimum atomic E-state index is -5.08. The second kappa shape index (κ2) is 23.6. The van der Waals surface area contributed by atoms with E-state index in [9.17, 15) is 13.2 Å². The van der Waals surface area contributed by atoms with Gasteiger partial charge in [-0.2, -0.15) is 13.2 Å². The van der Waals surface area contributed by atoms with Crippen LogP contribution in [0.4, 0.5) is 13.2 Å². The molecule has 0 aromatic heterocycles. The second-order valence-electron chi connectivity index (χ2n) is 15.9. The van der Waals surface area contributed by atoms with E-state index in [4.69, 9.17) is 19.8 Å². The van der Waals surface area contributed by atoms with E-state index in [1.807, 2.05) is 12.7 Å². The van der Waals surface area contributed by atoms with Gasteiger partial charge in [-0.05, 0) is 72.3 Å². The second-order valence-corrected chi connectivity index (χ2v) is 15.9. The van der Waals surface area contributed by atoms with Gasteiger partial charge in [-0.25, -0.2) is 15.0 Å². The summed E-state index contributed by atoms with van der Waals surface area (Å²) in [6.07, 6.45) is 6.79. The van der Waals surface area contributed by atoms with E-state index in [-0.39, 0.29) is 20.4 Å². The maximum atomic E-state index is 10.6. The first kappa shape index (κ1) is 48.5. The van der Waals surface area contributed by atoms with Crippen molar-refractivity contribution in [1.82, 2.24) is 19.8 Å². The van der Waals surface area contributed by atoms with Crippen LogP contribution in [0.25, 0.3) is 0 Å². The first-order chi connectivity index (χ1) is 25.9. The number of aliphatic carboxylic acids is 2. The van der Waals surface area contributed by atoms with Gasteiger partial charge in [0, 0.05) is 32.1 Å². The molecular weight excluding hydrogens is 816 g/mol. The minimum absolute atomic E-state index is 0. The molecule has 314 valence electrons. The van der Waals surface area contributed by atoms with Gasteiger partial charge >= 0.3 is 32.6 Å². The van der Waals surface area contributed by atoms with Crippen molar-refractivity contribution in [1.29, 1.82) is 0 Å². The molecule has 2 fully saturated rings. The number of hydrogen-bond donors (Lipinski definition) is 2. The summed E-state index contributed by atoms with van der Waals surface area (Å²) in [5.74, 6) is 0.988. The molecule has 2 aromatic rings. The number of hydrazone groups is 2. The van der Waals surface area contributed by atoms with E-state index in [0.29, 0.717) is 12.1 Å². The van der Waals surface area contributed by atoms with Crippen LogP contribution in [0.5, 0.6) is 0 Å². The van der Waals surface area contributed by atoms with Crippen LogP contribution in [0, 0.1) is 48.8 Å². The molecule has 2 heterocycles. The number of carbonyl (C=O) groups is 2. The molecule has 0 spiro atoms. The molecule has 2 aliphatic carbocycles. The summed E-state index contributed by atoms with van der Waals surface area (Å²) >= 11 is 0. The van der Waals surface area contributed by atoms with Crippen molar-refractivity contribution < 1.29 is 53.4 Å². The van der Waals surface area contributed by atoms with Crippen molar-refractivity contribution in [2.24, 2.45) is 45.7 Å². The molecule has 2 saturated carbocycles. The maximum absolute atomic E-state index is 10.6. The monoisotopic (exact) mass is 876 g/mol. The number of halogens is 3. The normalized spacial score (nSPS) is 24.4. The number of benzene rings is 2. The number of carboxylic acid groups (broad SMARTS) is 2. The van der Waals surface area contributed by atoms with Crippen LogP contribution < -0.4 is 0 Å². The van der Waals surface area contributed by atoms with Crippen LogP contribution >= 0.6 is 0 Å². The molecule has 6 atom stereocenters. The van der Waals surface area contributed by atoms with Crippen molar-refractivity contribution in [2.75, 3.05) is 0 Å². The number of nitrogens with zero attached hydrogens (tertiary/aromatic N) is 6. The molecule has 56 heavy (non-hydrogen) atoms. The number of rotatable bonds is 8. The third-order valence-corrected chi connectivity index (χ3v) is 10.5. The molecule has 0 saturated heterocycles. The summed E-state index contributed by atoms with van der Waals surface area (Å²) in [5.41, 5.74) is 2.65. The van der Waals surface area contributed by atoms with Crippen molar-refractivity contribution in [3.63, 3.8) is 0 Å². The van der Waals surface area contributed by atoms with Gasteiger partial charge in [0.1, 0.15) is 0 Å². The molecule has 0 unspecified atom stereocenters. The fraction of sp³-hybridized carbons (Fsp3) is 0.571. The summed E-state index contributed by atoms with van der Waals surface area (Å²) in [7, 11) is 0. The molecule has 14 heteroatoms. The fourth-order valence-corrected chi connectivity index (χ4v) is 7.68. The van der Waals surface area contributed by atoms with Gasteiger partial charge < -0.3 is 30.0 Å². The van der Waals surface area contributed by atoms with E-state index in [0.717, 1.165) is 55.5 Å². The molecule has 0 bridgehead atoms. The van der Waals surface area contributed by atoms with E-state index in [1.165, 1.54) is 49.7 Å². The Kier molecular flexibility index (Phi) is 20.4. The van der Waals surface area contributed by atoms with Crippen LogP contribution in [0.1, 0.15) is 98.1 Å². The zero-order valence-electron chi connectivity index (χ0n) is 33.7. The summed E-state index contributed by atoms with van der Waals surface area (Å²) < 4.78 is 31.7. The first-order valence-corrected chi connectivity index (χ1v) is 19.4. The number of alkyl halides is 3. The van der Waals surface area contributed by atoms with Crippen LogP contribution in [-0.2, 0) is 43.1 Å². The third kappa shape index (κ3) is 16.5. The zero-order chi connectivity index (χ0) is 40.7. The summed E-state index contributed by atoms with van der Waals surface area (Å²) in [5, 5.41) is 28.4. The van der Waals surface area contributed by atoms with Gasteiger partial charge in [0.2, 0.25) is 0 Å². The fourth-order valence-electron chi connectivity index (χ4n) is 7.68. The third-order valence-electron chi connectivity index (χ3n) is 10.5. The average Bonchev–Trinajstić information content (AvgIpc) is 3.79. The van der Waals surface area contributed by atoms with E-state index < -0.39 is 18.1 Å². The minimum Gasteiger partial charge on any atom is -0.488 e. The Labute approximate surface area is 345 Å². The van der Waals surface area contributed by atoms with Gasteiger partial charge in [-0.1, -0.05) is 115 Å². The zero-order valence-corrected chi connectivity index (χ0v) is 35.3. The average molecular weight is 877 g/mol. The van der Waals surface area contributed by atoms with Gasteiger partial charge in [0.15, 0.2) is 0 Å². The van der Waals surface area contributed by atoms with Gasteiger partial charge in [0.25, 0.3) is 5.97 Å². The maximum Gasteiger partial charge on any atom is 2.00 e. The summed E-state index contributed by atoms with van der Waals surface area (Å²) in [4.78, 5) is 22.3. The molecule has 6 rings (SSSR count). The van der Waals surface area contributed by atoms with E-state index in [1.54, 1.807) is 0 Å². The van der Waals surface area contributed by atoms with Crippen LogP contribution in [0.15, 0.2) is 70.9 Å². The summed E-state index contributed by atoms with van der Waals surface area (Å²) in [6, 6.07) is 22.3. The molecule has 4 aliphatic rings. The molecule has 2 N–H and O–H groups in total. The van der Waals surface area contributed by atoms with E-state index in [2.05, 4.69) is 146 Å². The quantitative estimate of drug-likeness (QED) is 0.200. The molecular formula is C42H61F3N6O4Pd. The topological polar surface area (TPSA) is 112 Å². The van der Waals surface area contributed by atoms with Crippen molar-refractivity contribution >= 4 is 24.6 Å². The Morgan fingerprint density at radius 1 is 0.714 bits per heavy atom.